The van der Waals surface area contributed by atoms with Crippen molar-refractivity contribution in [2.45, 2.75) is 6.92 Å². The summed E-state index contributed by atoms with van der Waals surface area (Å²) in [4.78, 5) is 22.4. The van der Waals surface area contributed by atoms with E-state index in [1.165, 1.54) is 11.6 Å². The maximum Gasteiger partial charge on any atom is 0.330 e. The summed E-state index contributed by atoms with van der Waals surface area (Å²) in [6.45, 7) is 1.63. The fraction of sp³-hybridized carbons (Fsp3) is 0.429. The van der Waals surface area contributed by atoms with Crippen molar-refractivity contribution < 1.29 is 0 Å². The van der Waals surface area contributed by atoms with Crippen molar-refractivity contribution in [1.82, 2.24) is 9.13 Å². The zero-order valence-electron chi connectivity index (χ0n) is 7.09. The molecular formula is C7H9ClN2O2. The van der Waals surface area contributed by atoms with E-state index in [-0.39, 0.29) is 10.7 Å². The zero-order chi connectivity index (χ0) is 9.46. The highest BCUT2D eigenvalue weighted by Crippen LogP contribution is 2.04. The third-order valence-corrected chi connectivity index (χ3v) is 2.32. The van der Waals surface area contributed by atoms with Crippen molar-refractivity contribution in [2.24, 2.45) is 14.1 Å². The molecule has 12 heavy (non-hydrogen) atoms. The highest BCUT2D eigenvalue weighted by molar-refractivity contribution is 6.30. The molecule has 1 heterocycles. The molecular weight excluding hydrogens is 180 g/mol. The predicted molar refractivity (Wildman–Crippen MR) is 46.7 cm³/mol. The summed E-state index contributed by atoms with van der Waals surface area (Å²) in [5.74, 6) is 0. The maximum absolute atomic E-state index is 11.2. The summed E-state index contributed by atoms with van der Waals surface area (Å²) in [7, 11) is 2.97. The van der Waals surface area contributed by atoms with E-state index in [0.717, 1.165) is 4.57 Å². The van der Waals surface area contributed by atoms with Crippen LogP contribution in [0.5, 0.6) is 0 Å². The highest BCUT2D eigenvalue weighted by Gasteiger charge is 2.08. The van der Waals surface area contributed by atoms with Crippen LogP contribution in [0.25, 0.3) is 0 Å². The van der Waals surface area contributed by atoms with Crippen molar-refractivity contribution in [3.8, 4) is 0 Å². The molecule has 0 aromatic carbocycles. The smallest absolute Gasteiger partial charge is 0.299 e. The lowest BCUT2D eigenvalue weighted by molar-refractivity contribution is 0.668. The number of rotatable bonds is 0. The molecule has 0 spiro atoms. The highest BCUT2D eigenvalue weighted by atomic mass is 35.5. The van der Waals surface area contributed by atoms with Gasteiger partial charge >= 0.3 is 5.69 Å². The molecule has 0 saturated carbocycles. The standard InChI is InChI=1S/C7H9ClN2O2/c1-4-5(8)6(11)10(3)7(12)9(4)2/h1-3H3. The summed E-state index contributed by atoms with van der Waals surface area (Å²) in [6.07, 6.45) is 0. The minimum Gasteiger partial charge on any atom is -0.299 e. The Morgan fingerprint density at radius 1 is 1.17 bits per heavy atom. The quantitative estimate of drug-likeness (QED) is 0.577. The molecule has 0 bridgehead atoms. The third kappa shape index (κ3) is 1.08. The van der Waals surface area contributed by atoms with Gasteiger partial charge in [-0.05, 0) is 6.92 Å². The fourth-order valence-electron chi connectivity index (χ4n) is 0.905. The van der Waals surface area contributed by atoms with Crippen molar-refractivity contribution in [3.05, 3.63) is 31.6 Å². The molecule has 0 fully saturated rings. The number of nitrogens with zero attached hydrogens (tertiary/aromatic N) is 2. The lowest BCUT2D eigenvalue weighted by atomic mass is 10.4. The Labute approximate surface area is 74.0 Å². The first-order valence-corrected chi connectivity index (χ1v) is 3.76. The normalized spacial score (nSPS) is 10.3. The summed E-state index contributed by atoms with van der Waals surface area (Å²) < 4.78 is 2.32. The zero-order valence-corrected chi connectivity index (χ0v) is 7.84. The van der Waals surface area contributed by atoms with Gasteiger partial charge in [0.05, 0.1) is 0 Å². The molecule has 0 atom stereocenters. The molecule has 1 aromatic rings. The molecule has 0 aliphatic rings. The monoisotopic (exact) mass is 188 g/mol. The van der Waals surface area contributed by atoms with E-state index in [1.807, 2.05) is 0 Å². The van der Waals surface area contributed by atoms with Gasteiger partial charge in [-0.25, -0.2) is 4.79 Å². The summed E-state index contributed by atoms with van der Waals surface area (Å²) in [5, 5.41) is 0.0969. The number of hydrogen-bond acceptors (Lipinski definition) is 2. The average molecular weight is 189 g/mol. The molecule has 0 saturated heterocycles. The molecule has 0 radical (unpaired) electrons. The second-order valence-electron chi connectivity index (χ2n) is 2.61. The van der Waals surface area contributed by atoms with E-state index in [0.29, 0.717) is 5.69 Å². The molecule has 0 N–H and O–H groups in total. The van der Waals surface area contributed by atoms with Crippen LogP contribution in [0.1, 0.15) is 5.69 Å². The van der Waals surface area contributed by atoms with Crippen LogP contribution in [0, 0.1) is 6.92 Å². The second-order valence-corrected chi connectivity index (χ2v) is 2.98. The van der Waals surface area contributed by atoms with Crippen LogP contribution in [-0.4, -0.2) is 9.13 Å². The molecule has 1 aromatic heterocycles. The van der Waals surface area contributed by atoms with Crippen LogP contribution in [0.3, 0.4) is 0 Å². The summed E-state index contributed by atoms with van der Waals surface area (Å²) >= 11 is 5.67. The Kier molecular flexibility index (Phi) is 2.10. The fourth-order valence-corrected chi connectivity index (χ4v) is 1.16. The van der Waals surface area contributed by atoms with E-state index >= 15 is 0 Å². The molecule has 0 unspecified atom stereocenters. The van der Waals surface area contributed by atoms with Crippen LogP contribution in [0.2, 0.25) is 5.02 Å². The van der Waals surface area contributed by atoms with E-state index in [9.17, 15) is 9.59 Å². The Balaban J connectivity index is 3.86. The number of halogens is 1. The van der Waals surface area contributed by atoms with E-state index < -0.39 is 5.56 Å². The van der Waals surface area contributed by atoms with Gasteiger partial charge in [-0.1, -0.05) is 11.6 Å². The van der Waals surface area contributed by atoms with Gasteiger partial charge in [-0.15, -0.1) is 0 Å². The van der Waals surface area contributed by atoms with Crippen molar-refractivity contribution >= 4 is 11.6 Å². The third-order valence-electron chi connectivity index (χ3n) is 1.89. The Morgan fingerprint density at radius 3 is 2.17 bits per heavy atom. The van der Waals surface area contributed by atoms with Gasteiger partial charge in [0.15, 0.2) is 0 Å². The topological polar surface area (TPSA) is 44.0 Å². The molecule has 0 aliphatic carbocycles. The second kappa shape index (κ2) is 2.79. The SMILES string of the molecule is Cc1c(Cl)c(=O)n(C)c(=O)n1C. The van der Waals surface area contributed by atoms with Crippen molar-refractivity contribution in [3.63, 3.8) is 0 Å². The minimum atomic E-state index is -0.447. The van der Waals surface area contributed by atoms with Crippen LogP contribution in [-0.2, 0) is 14.1 Å². The Hall–Kier alpha value is -1.03. The number of aromatic nitrogens is 2. The Bertz CT molecular complexity index is 393. The van der Waals surface area contributed by atoms with Gasteiger partial charge in [-0.3, -0.25) is 13.9 Å². The molecule has 5 heteroatoms. The molecule has 0 amide bonds. The summed E-state index contributed by atoms with van der Waals surface area (Å²) in [6, 6.07) is 0. The van der Waals surface area contributed by atoms with Gasteiger partial charge < -0.3 is 0 Å². The maximum atomic E-state index is 11.2. The van der Waals surface area contributed by atoms with Gasteiger partial charge in [0.25, 0.3) is 5.56 Å². The van der Waals surface area contributed by atoms with Gasteiger partial charge in [0.1, 0.15) is 5.02 Å². The van der Waals surface area contributed by atoms with Gasteiger partial charge in [0, 0.05) is 19.8 Å². The number of hydrogen-bond donors (Lipinski definition) is 0. The minimum absolute atomic E-state index is 0.0969. The van der Waals surface area contributed by atoms with Crippen LogP contribution < -0.4 is 11.2 Å². The molecule has 66 valence electrons. The van der Waals surface area contributed by atoms with E-state index in [2.05, 4.69) is 0 Å². The van der Waals surface area contributed by atoms with Gasteiger partial charge in [0.2, 0.25) is 0 Å². The van der Waals surface area contributed by atoms with Crippen LogP contribution >= 0.6 is 11.6 Å². The van der Waals surface area contributed by atoms with Crippen molar-refractivity contribution in [2.75, 3.05) is 0 Å². The largest absolute Gasteiger partial charge is 0.330 e. The first-order valence-electron chi connectivity index (χ1n) is 3.39. The van der Waals surface area contributed by atoms with Crippen LogP contribution in [0.15, 0.2) is 9.59 Å². The average Bonchev–Trinajstić information content (AvgIpc) is 2.08. The molecule has 1 rings (SSSR count). The lowest BCUT2D eigenvalue weighted by Gasteiger charge is -2.06. The Morgan fingerprint density at radius 2 is 1.67 bits per heavy atom. The summed E-state index contributed by atoms with van der Waals surface area (Å²) in [5.41, 5.74) is -0.316. The molecule has 0 aliphatic heterocycles. The van der Waals surface area contributed by atoms with Crippen molar-refractivity contribution in [1.29, 1.82) is 0 Å². The van der Waals surface area contributed by atoms with Crippen LogP contribution in [0.4, 0.5) is 0 Å². The van der Waals surface area contributed by atoms with Gasteiger partial charge in [-0.2, -0.15) is 0 Å². The molecule has 4 nitrogen and oxygen atoms in total. The first-order chi connectivity index (χ1) is 5.46. The van der Waals surface area contributed by atoms with E-state index in [4.69, 9.17) is 11.6 Å². The lowest BCUT2D eigenvalue weighted by Crippen LogP contribution is -2.38. The predicted octanol–water partition coefficient (Wildman–Crippen LogP) is 0.0458. The van der Waals surface area contributed by atoms with E-state index in [1.54, 1.807) is 14.0 Å². The first kappa shape index (κ1) is 9.06.